The van der Waals surface area contributed by atoms with Gasteiger partial charge in [0.25, 0.3) is 0 Å². The van der Waals surface area contributed by atoms with Gasteiger partial charge in [0.05, 0.1) is 0 Å². The molecular formula is C22H28N2O2. The normalized spacial score (nSPS) is 11.3. The van der Waals surface area contributed by atoms with Gasteiger partial charge in [-0.1, -0.05) is 71.0 Å². The third-order valence-corrected chi connectivity index (χ3v) is 4.19. The Bertz CT molecular complexity index is 789. The molecule has 0 unspecified atom stereocenters. The van der Waals surface area contributed by atoms with E-state index >= 15 is 0 Å². The topological polar surface area (TPSA) is 58.2 Å². The molecular weight excluding hydrogens is 324 g/mol. The van der Waals surface area contributed by atoms with Crippen molar-refractivity contribution in [3.8, 4) is 0 Å². The molecule has 2 N–H and O–H groups in total. The van der Waals surface area contributed by atoms with Crippen LogP contribution < -0.4 is 10.6 Å². The van der Waals surface area contributed by atoms with E-state index in [1.165, 1.54) is 0 Å². The van der Waals surface area contributed by atoms with Crippen LogP contribution in [0.15, 0.2) is 48.5 Å². The first kappa shape index (κ1) is 19.7. The quantitative estimate of drug-likeness (QED) is 0.738. The number of hydrogen-bond acceptors (Lipinski definition) is 2. The minimum atomic E-state index is -0.318. The highest BCUT2D eigenvalue weighted by atomic mass is 16.2. The Kier molecular flexibility index (Phi) is 6.19. The average Bonchev–Trinajstić information content (AvgIpc) is 2.54. The summed E-state index contributed by atoms with van der Waals surface area (Å²) in [7, 11) is 0. The minimum Gasteiger partial charge on any atom is -0.325 e. The van der Waals surface area contributed by atoms with E-state index < -0.39 is 0 Å². The van der Waals surface area contributed by atoms with Crippen molar-refractivity contribution in [1.29, 1.82) is 0 Å². The van der Waals surface area contributed by atoms with Gasteiger partial charge in [0.2, 0.25) is 11.8 Å². The minimum absolute atomic E-state index is 0.0949. The summed E-state index contributed by atoms with van der Waals surface area (Å²) in [5.41, 5.74) is 3.51. The van der Waals surface area contributed by atoms with Crippen molar-refractivity contribution < 1.29 is 9.59 Å². The third kappa shape index (κ3) is 5.19. The molecule has 26 heavy (non-hydrogen) atoms. The van der Waals surface area contributed by atoms with E-state index in [2.05, 4.69) is 45.3 Å². The molecule has 0 aromatic heterocycles. The molecule has 4 heteroatoms. The molecule has 0 saturated heterocycles. The maximum absolute atomic E-state index is 12.3. The van der Waals surface area contributed by atoms with Gasteiger partial charge in [-0.3, -0.25) is 9.59 Å². The SMILES string of the molecule is CC(C)c1ccccc1NC(=O)CC(=O)Nc1ccccc1C(C)(C)C. The number of para-hydroxylation sites is 2. The Morgan fingerprint density at radius 1 is 0.846 bits per heavy atom. The fraction of sp³-hybridized carbons (Fsp3) is 0.364. The van der Waals surface area contributed by atoms with Crippen LogP contribution in [0.1, 0.15) is 58.1 Å². The van der Waals surface area contributed by atoms with Crippen molar-refractivity contribution in [3.05, 3.63) is 59.7 Å². The summed E-state index contributed by atoms with van der Waals surface area (Å²) in [5, 5.41) is 5.72. The van der Waals surface area contributed by atoms with E-state index in [1.54, 1.807) is 0 Å². The number of nitrogens with one attached hydrogen (secondary N) is 2. The number of amides is 2. The maximum Gasteiger partial charge on any atom is 0.233 e. The average molecular weight is 352 g/mol. The Labute approximate surface area is 156 Å². The van der Waals surface area contributed by atoms with Crippen LogP contribution in [0.2, 0.25) is 0 Å². The van der Waals surface area contributed by atoms with Gasteiger partial charge in [0.1, 0.15) is 6.42 Å². The van der Waals surface area contributed by atoms with Crippen LogP contribution in [0.25, 0.3) is 0 Å². The maximum atomic E-state index is 12.3. The van der Waals surface area contributed by atoms with E-state index in [1.807, 2.05) is 48.5 Å². The Balaban J connectivity index is 2.04. The van der Waals surface area contributed by atoms with Gasteiger partial charge in [0.15, 0.2) is 0 Å². The van der Waals surface area contributed by atoms with Gasteiger partial charge < -0.3 is 10.6 Å². The molecule has 0 radical (unpaired) electrons. The molecule has 0 aliphatic rings. The second-order valence-electron chi connectivity index (χ2n) is 7.81. The number of hydrogen-bond donors (Lipinski definition) is 2. The molecule has 0 spiro atoms. The molecule has 0 fully saturated rings. The zero-order chi connectivity index (χ0) is 19.3. The summed E-state index contributed by atoms with van der Waals surface area (Å²) in [5.74, 6) is -0.343. The first-order chi connectivity index (χ1) is 12.2. The molecule has 0 heterocycles. The van der Waals surface area contributed by atoms with Gasteiger partial charge in [-0.2, -0.15) is 0 Å². The lowest BCUT2D eigenvalue weighted by Crippen LogP contribution is -2.23. The summed E-state index contributed by atoms with van der Waals surface area (Å²) >= 11 is 0. The van der Waals surface area contributed by atoms with Crippen molar-refractivity contribution in [2.45, 2.75) is 52.4 Å². The van der Waals surface area contributed by atoms with Crippen LogP contribution >= 0.6 is 0 Å². The first-order valence-electron chi connectivity index (χ1n) is 8.96. The lowest BCUT2D eigenvalue weighted by molar-refractivity contribution is -0.123. The number of anilines is 2. The van der Waals surface area contributed by atoms with E-state index in [0.717, 1.165) is 22.5 Å². The lowest BCUT2D eigenvalue weighted by atomic mass is 9.86. The lowest BCUT2D eigenvalue weighted by Gasteiger charge is -2.23. The van der Waals surface area contributed by atoms with Gasteiger partial charge in [0, 0.05) is 11.4 Å². The Morgan fingerprint density at radius 3 is 1.92 bits per heavy atom. The molecule has 0 bridgehead atoms. The summed E-state index contributed by atoms with van der Waals surface area (Å²) in [6, 6.07) is 15.4. The van der Waals surface area contributed by atoms with Crippen LogP contribution in [0, 0.1) is 0 Å². The number of carbonyl (C=O) groups excluding carboxylic acids is 2. The Morgan fingerprint density at radius 2 is 1.35 bits per heavy atom. The van der Waals surface area contributed by atoms with Crippen molar-refractivity contribution in [2.24, 2.45) is 0 Å². The highest BCUT2D eigenvalue weighted by Gasteiger charge is 2.19. The van der Waals surface area contributed by atoms with Crippen molar-refractivity contribution >= 4 is 23.2 Å². The molecule has 2 amide bonds. The third-order valence-electron chi connectivity index (χ3n) is 4.19. The standard InChI is InChI=1S/C22H28N2O2/c1-15(2)16-10-6-8-12-18(16)23-20(25)14-21(26)24-19-13-9-7-11-17(19)22(3,4)5/h6-13,15H,14H2,1-5H3,(H,23,25)(H,24,26). The second kappa shape index (κ2) is 8.17. The predicted molar refractivity (Wildman–Crippen MR) is 108 cm³/mol. The molecule has 2 rings (SSSR count). The Hall–Kier alpha value is -2.62. The van der Waals surface area contributed by atoms with Crippen molar-refractivity contribution in [1.82, 2.24) is 0 Å². The summed E-state index contributed by atoms with van der Waals surface area (Å²) in [4.78, 5) is 24.6. The predicted octanol–water partition coefficient (Wildman–Crippen LogP) is 5.07. The van der Waals surface area contributed by atoms with Crippen LogP contribution in [0.4, 0.5) is 11.4 Å². The number of benzene rings is 2. The zero-order valence-corrected chi connectivity index (χ0v) is 16.2. The summed E-state index contributed by atoms with van der Waals surface area (Å²) in [6.45, 7) is 10.4. The summed E-state index contributed by atoms with van der Waals surface area (Å²) < 4.78 is 0. The molecule has 0 aliphatic carbocycles. The van der Waals surface area contributed by atoms with E-state index in [-0.39, 0.29) is 23.7 Å². The number of carbonyl (C=O) groups is 2. The highest BCUT2D eigenvalue weighted by Crippen LogP contribution is 2.29. The molecule has 2 aromatic carbocycles. The first-order valence-corrected chi connectivity index (χ1v) is 8.96. The molecule has 0 saturated carbocycles. The van der Waals surface area contributed by atoms with Gasteiger partial charge in [-0.15, -0.1) is 0 Å². The van der Waals surface area contributed by atoms with Gasteiger partial charge >= 0.3 is 0 Å². The number of rotatable bonds is 5. The van der Waals surface area contributed by atoms with E-state index in [4.69, 9.17) is 0 Å². The second-order valence-corrected chi connectivity index (χ2v) is 7.81. The fourth-order valence-corrected chi connectivity index (χ4v) is 2.90. The monoisotopic (exact) mass is 352 g/mol. The molecule has 0 atom stereocenters. The fourth-order valence-electron chi connectivity index (χ4n) is 2.90. The van der Waals surface area contributed by atoms with E-state index in [0.29, 0.717) is 5.92 Å². The van der Waals surface area contributed by atoms with Gasteiger partial charge in [-0.05, 0) is 34.6 Å². The molecule has 138 valence electrons. The smallest absolute Gasteiger partial charge is 0.233 e. The van der Waals surface area contributed by atoms with Crippen LogP contribution in [-0.2, 0) is 15.0 Å². The molecule has 2 aromatic rings. The van der Waals surface area contributed by atoms with Crippen LogP contribution in [0.5, 0.6) is 0 Å². The highest BCUT2D eigenvalue weighted by molar-refractivity contribution is 6.08. The van der Waals surface area contributed by atoms with Crippen LogP contribution in [0.3, 0.4) is 0 Å². The van der Waals surface area contributed by atoms with Crippen molar-refractivity contribution in [2.75, 3.05) is 10.6 Å². The van der Waals surface area contributed by atoms with Gasteiger partial charge in [-0.25, -0.2) is 0 Å². The molecule has 0 aliphatic heterocycles. The zero-order valence-electron chi connectivity index (χ0n) is 16.2. The van der Waals surface area contributed by atoms with E-state index in [9.17, 15) is 9.59 Å². The van der Waals surface area contributed by atoms with Crippen molar-refractivity contribution in [3.63, 3.8) is 0 Å². The summed E-state index contributed by atoms with van der Waals surface area (Å²) in [6.07, 6.45) is -0.217. The molecule has 4 nitrogen and oxygen atoms in total. The largest absolute Gasteiger partial charge is 0.325 e. The van der Waals surface area contributed by atoms with Crippen LogP contribution in [-0.4, -0.2) is 11.8 Å².